The number of nitrogens with one attached hydrogen (secondary N) is 1. The number of nitrogens with zero attached hydrogens (tertiary/aromatic N) is 5. The molecule has 0 bridgehead atoms. The number of amides is 1. The van der Waals surface area contributed by atoms with Crippen LogP contribution in [0.3, 0.4) is 0 Å². The third-order valence-corrected chi connectivity index (χ3v) is 4.63. The molecule has 3 heterocycles. The van der Waals surface area contributed by atoms with Crippen molar-refractivity contribution in [3.05, 3.63) is 47.7 Å². The van der Waals surface area contributed by atoms with Crippen LogP contribution >= 0.6 is 11.6 Å². The Bertz CT molecular complexity index is 894. The van der Waals surface area contributed by atoms with E-state index in [0.29, 0.717) is 17.2 Å². The van der Waals surface area contributed by atoms with Crippen LogP contribution in [0, 0.1) is 5.92 Å². The Kier molecular flexibility index (Phi) is 4.23. The quantitative estimate of drug-likeness (QED) is 0.780. The molecule has 0 spiro atoms. The van der Waals surface area contributed by atoms with Crippen molar-refractivity contribution in [2.75, 3.05) is 23.3 Å². The molecule has 3 aromatic rings. The smallest absolute Gasteiger partial charge is 0.229 e. The first-order valence-electron chi connectivity index (χ1n) is 8.17. The summed E-state index contributed by atoms with van der Waals surface area (Å²) >= 11 is 5.88. The summed E-state index contributed by atoms with van der Waals surface area (Å²) in [4.78, 5) is 14.7. The van der Waals surface area contributed by atoms with E-state index in [1.54, 1.807) is 23.0 Å². The Labute approximate surface area is 149 Å². The number of carbonyl (C=O) groups excluding carboxylic acids is 1. The van der Waals surface area contributed by atoms with Gasteiger partial charge in [-0.25, -0.2) is 0 Å². The highest BCUT2D eigenvalue weighted by Crippen LogP contribution is 2.23. The van der Waals surface area contributed by atoms with E-state index in [2.05, 4.69) is 25.5 Å². The number of fused-ring (bicyclic) bond motifs is 1. The minimum Gasteiger partial charge on any atom is -0.354 e. The number of benzene rings is 1. The largest absolute Gasteiger partial charge is 0.354 e. The third kappa shape index (κ3) is 3.41. The van der Waals surface area contributed by atoms with E-state index in [9.17, 15) is 4.79 Å². The molecule has 1 atom stereocenters. The molecule has 4 rings (SSSR count). The maximum atomic E-state index is 12.6. The average Bonchev–Trinajstić information content (AvgIpc) is 3.11. The molecule has 0 radical (unpaired) electrons. The maximum Gasteiger partial charge on any atom is 0.229 e. The number of halogens is 1. The van der Waals surface area contributed by atoms with Crippen LogP contribution in [0.2, 0.25) is 5.02 Å². The second-order valence-electron chi connectivity index (χ2n) is 6.11. The molecule has 128 valence electrons. The summed E-state index contributed by atoms with van der Waals surface area (Å²) in [5.74, 6) is 0.775. The van der Waals surface area contributed by atoms with Gasteiger partial charge in [-0.3, -0.25) is 4.79 Å². The van der Waals surface area contributed by atoms with Crippen molar-refractivity contribution in [2.45, 2.75) is 12.8 Å². The molecule has 0 saturated carbocycles. The molecule has 25 heavy (non-hydrogen) atoms. The summed E-state index contributed by atoms with van der Waals surface area (Å²) in [6, 6.07) is 11.0. The van der Waals surface area contributed by atoms with Crippen LogP contribution in [0.15, 0.2) is 42.7 Å². The van der Waals surface area contributed by atoms with E-state index in [1.807, 2.05) is 24.3 Å². The van der Waals surface area contributed by atoms with E-state index >= 15 is 0 Å². The number of hydrogen-bond acceptors (Lipinski definition) is 5. The van der Waals surface area contributed by atoms with Crippen LogP contribution in [0.5, 0.6) is 0 Å². The molecule has 8 heteroatoms. The van der Waals surface area contributed by atoms with Crippen molar-refractivity contribution in [1.82, 2.24) is 19.8 Å². The van der Waals surface area contributed by atoms with Crippen LogP contribution in [0.1, 0.15) is 12.8 Å². The molecule has 1 N–H and O–H groups in total. The maximum absolute atomic E-state index is 12.6. The molecule has 1 saturated heterocycles. The molecule has 1 fully saturated rings. The lowest BCUT2D eigenvalue weighted by atomic mass is 9.97. The van der Waals surface area contributed by atoms with Crippen LogP contribution in [-0.4, -0.2) is 38.8 Å². The lowest BCUT2D eigenvalue weighted by molar-refractivity contribution is -0.120. The van der Waals surface area contributed by atoms with Gasteiger partial charge in [-0.2, -0.15) is 4.52 Å². The van der Waals surface area contributed by atoms with Gasteiger partial charge >= 0.3 is 0 Å². The number of piperidine rings is 1. The van der Waals surface area contributed by atoms with E-state index in [4.69, 9.17) is 11.6 Å². The molecule has 0 aliphatic carbocycles. The normalized spacial score (nSPS) is 17.6. The second-order valence-corrected chi connectivity index (χ2v) is 6.54. The average molecular weight is 357 g/mol. The van der Waals surface area contributed by atoms with Gasteiger partial charge in [0.2, 0.25) is 5.91 Å². The fraction of sp³-hybridized carbons (Fsp3) is 0.294. The highest BCUT2D eigenvalue weighted by Gasteiger charge is 2.26. The summed E-state index contributed by atoms with van der Waals surface area (Å²) in [7, 11) is 0. The first kappa shape index (κ1) is 15.8. The minimum absolute atomic E-state index is 0.0254. The van der Waals surface area contributed by atoms with Gasteiger partial charge in [0.1, 0.15) is 12.1 Å². The topological polar surface area (TPSA) is 75.4 Å². The van der Waals surface area contributed by atoms with Crippen LogP contribution < -0.4 is 10.2 Å². The molecule has 1 aromatic carbocycles. The van der Waals surface area contributed by atoms with E-state index < -0.39 is 0 Å². The molecular formula is C17H17ClN6O. The zero-order chi connectivity index (χ0) is 17.2. The Hall–Kier alpha value is -2.67. The third-order valence-electron chi connectivity index (χ3n) is 4.38. The summed E-state index contributed by atoms with van der Waals surface area (Å²) in [6.45, 7) is 1.52. The summed E-state index contributed by atoms with van der Waals surface area (Å²) < 4.78 is 1.65. The number of rotatable bonds is 3. The fourth-order valence-corrected chi connectivity index (χ4v) is 3.19. The molecular weight excluding hydrogens is 340 g/mol. The Morgan fingerprint density at radius 3 is 2.88 bits per heavy atom. The van der Waals surface area contributed by atoms with Crippen molar-refractivity contribution in [2.24, 2.45) is 5.92 Å². The van der Waals surface area contributed by atoms with Crippen LogP contribution in [0.4, 0.5) is 11.5 Å². The summed E-state index contributed by atoms with van der Waals surface area (Å²) in [5, 5.41) is 15.9. The standard InChI is InChI=1S/C17H17ClN6O/c18-13-3-5-14(6-4-13)20-17(25)12-2-1-9-23(10-12)16-8-7-15-21-19-11-24(15)22-16/h3-8,11-12H,1-2,9-10H2,(H,20,25). The fourth-order valence-electron chi connectivity index (χ4n) is 3.06. The molecule has 7 nitrogen and oxygen atoms in total. The van der Waals surface area contributed by atoms with Crippen molar-refractivity contribution in [1.29, 1.82) is 0 Å². The van der Waals surface area contributed by atoms with Crippen LogP contribution in [-0.2, 0) is 4.79 Å². The second kappa shape index (κ2) is 6.68. The zero-order valence-corrected chi connectivity index (χ0v) is 14.2. The lowest BCUT2D eigenvalue weighted by Gasteiger charge is -2.32. The Morgan fingerprint density at radius 1 is 1.20 bits per heavy atom. The first-order chi connectivity index (χ1) is 12.2. The van der Waals surface area contributed by atoms with Gasteiger partial charge in [-0.1, -0.05) is 11.6 Å². The van der Waals surface area contributed by atoms with Crippen molar-refractivity contribution in [3.8, 4) is 0 Å². The van der Waals surface area contributed by atoms with E-state index in [-0.39, 0.29) is 11.8 Å². The van der Waals surface area contributed by atoms with Gasteiger partial charge in [-0.15, -0.1) is 15.3 Å². The number of anilines is 2. The molecule has 1 amide bonds. The molecule has 1 aliphatic rings. The van der Waals surface area contributed by atoms with E-state index in [1.165, 1.54) is 0 Å². The van der Waals surface area contributed by atoms with Crippen molar-refractivity contribution < 1.29 is 4.79 Å². The Morgan fingerprint density at radius 2 is 2.04 bits per heavy atom. The number of aromatic nitrogens is 4. The highest BCUT2D eigenvalue weighted by atomic mass is 35.5. The van der Waals surface area contributed by atoms with Gasteiger partial charge in [0.15, 0.2) is 5.65 Å². The molecule has 1 unspecified atom stereocenters. The van der Waals surface area contributed by atoms with Crippen LogP contribution in [0.25, 0.3) is 5.65 Å². The zero-order valence-electron chi connectivity index (χ0n) is 13.5. The van der Waals surface area contributed by atoms with E-state index in [0.717, 1.165) is 30.9 Å². The number of hydrogen-bond donors (Lipinski definition) is 1. The SMILES string of the molecule is O=C(Nc1ccc(Cl)cc1)C1CCCN(c2ccc3nncn3n2)C1. The molecule has 2 aromatic heterocycles. The highest BCUT2D eigenvalue weighted by molar-refractivity contribution is 6.30. The predicted octanol–water partition coefficient (Wildman–Crippen LogP) is 2.63. The first-order valence-corrected chi connectivity index (χ1v) is 8.55. The summed E-state index contributed by atoms with van der Waals surface area (Å²) in [5.41, 5.74) is 1.47. The van der Waals surface area contributed by atoms with Gasteiger partial charge < -0.3 is 10.2 Å². The Balaban J connectivity index is 1.46. The monoisotopic (exact) mass is 356 g/mol. The van der Waals surface area contributed by atoms with Gasteiger partial charge in [-0.05, 0) is 49.2 Å². The van der Waals surface area contributed by atoms with Gasteiger partial charge in [0.25, 0.3) is 0 Å². The molecule has 1 aliphatic heterocycles. The van der Waals surface area contributed by atoms with Gasteiger partial charge in [0, 0.05) is 23.8 Å². The predicted molar refractivity (Wildman–Crippen MR) is 95.8 cm³/mol. The van der Waals surface area contributed by atoms with Crippen molar-refractivity contribution in [3.63, 3.8) is 0 Å². The van der Waals surface area contributed by atoms with Crippen molar-refractivity contribution >= 4 is 34.7 Å². The lowest BCUT2D eigenvalue weighted by Crippen LogP contribution is -2.41. The van der Waals surface area contributed by atoms with Gasteiger partial charge in [0.05, 0.1) is 5.92 Å². The summed E-state index contributed by atoms with van der Waals surface area (Å²) in [6.07, 6.45) is 3.39. The minimum atomic E-state index is -0.0807. The number of carbonyl (C=O) groups is 1.